The summed E-state index contributed by atoms with van der Waals surface area (Å²) >= 11 is 0. The molecule has 46 heavy (non-hydrogen) atoms. The number of hydrogen-bond acceptors (Lipinski definition) is 3. The summed E-state index contributed by atoms with van der Waals surface area (Å²) < 4.78 is 4.38. The topological polar surface area (TPSA) is 48.5 Å². The third-order valence-electron chi connectivity index (χ3n) is 8.61. The van der Waals surface area contributed by atoms with Gasteiger partial charge in [-0.15, -0.1) is 0 Å². The zero-order valence-corrected chi connectivity index (χ0v) is 24.8. The molecule has 0 saturated heterocycles. The molecule has 9 rings (SSSR count). The minimum Gasteiger partial charge on any atom is -0.308 e. The Bertz CT molecular complexity index is 2460. The largest absolute Gasteiger partial charge is 0.308 e. The fraction of sp³-hybridized carbons (Fsp3) is 0. The van der Waals surface area contributed by atoms with Gasteiger partial charge >= 0.3 is 0 Å². The molecule has 5 nitrogen and oxygen atoms in total. The van der Waals surface area contributed by atoms with Gasteiger partial charge in [0.2, 0.25) is 0 Å². The predicted octanol–water partition coefficient (Wildman–Crippen LogP) is 9.91. The fourth-order valence-electron chi connectivity index (χ4n) is 6.48. The van der Waals surface area contributed by atoms with Crippen molar-refractivity contribution in [2.45, 2.75) is 0 Å². The summed E-state index contributed by atoms with van der Waals surface area (Å²) in [6.45, 7) is 0. The number of rotatable bonds is 5. The molecule has 0 aliphatic heterocycles. The van der Waals surface area contributed by atoms with Gasteiger partial charge < -0.3 is 4.57 Å². The smallest absolute Gasteiger partial charge is 0.160 e. The minimum atomic E-state index is 0.703. The van der Waals surface area contributed by atoms with Crippen LogP contribution in [0.25, 0.3) is 78.0 Å². The third-order valence-corrected chi connectivity index (χ3v) is 8.61. The van der Waals surface area contributed by atoms with Crippen LogP contribution in [0, 0.1) is 0 Å². The molecule has 0 saturated carbocycles. The first kappa shape index (κ1) is 26.1. The quantitative estimate of drug-likeness (QED) is 0.201. The average Bonchev–Trinajstić information content (AvgIpc) is 3.72. The van der Waals surface area contributed by atoms with E-state index in [0.29, 0.717) is 5.82 Å². The Labute approximate surface area is 265 Å². The van der Waals surface area contributed by atoms with Crippen LogP contribution in [0.5, 0.6) is 0 Å². The average molecular weight is 590 g/mol. The van der Waals surface area contributed by atoms with Crippen molar-refractivity contribution in [3.05, 3.63) is 164 Å². The van der Waals surface area contributed by atoms with Gasteiger partial charge in [0.05, 0.1) is 39.8 Å². The standard InChI is InChI=1S/C41H27N5/c1-4-13-28(14-5-1)36-26-37(44-41(43-36)29-15-6-2-7-16-29)30-17-12-20-32(25-30)45-38-22-11-10-21-33(38)34-23-24-39-35(40(34)45)27-42-46(39)31-18-8-3-9-19-31/h1-27H. The first-order chi connectivity index (χ1) is 22.8. The molecule has 3 aromatic heterocycles. The molecule has 0 atom stereocenters. The van der Waals surface area contributed by atoms with E-state index in [-0.39, 0.29) is 0 Å². The molecule has 0 bridgehead atoms. The molecule has 5 heteroatoms. The van der Waals surface area contributed by atoms with E-state index < -0.39 is 0 Å². The summed E-state index contributed by atoms with van der Waals surface area (Å²) in [5, 5.41) is 8.35. The van der Waals surface area contributed by atoms with Crippen LogP contribution in [0.1, 0.15) is 0 Å². The first-order valence-corrected chi connectivity index (χ1v) is 15.4. The van der Waals surface area contributed by atoms with E-state index in [9.17, 15) is 0 Å². The van der Waals surface area contributed by atoms with E-state index >= 15 is 0 Å². The summed E-state index contributed by atoms with van der Waals surface area (Å²) in [5.41, 5.74) is 10.3. The summed E-state index contributed by atoms with van der Waals surface area (Å²) in [5.74, 6) is 0.703. The second kappa shape index (κ2) is 10.7. The number of hydrogen-bond donors (Lipinski definition) is 0. The fourth-order valence-corrected chi connectivity index (χ4v) is 6.48. The van der Waals surface area contributed by atoms with Crippen molar-refractivity contribution < 1.29 is 0 Å². The van der Waals surface area contributed by atoms with Crippen LogP contribution < -0.4 is 0 Å². The van der Waals surface area contributed by atoms with Crippen molar-refractivity contribution in [3.8, 4) is 45.3 Å². The summed E-state index contributed by atoms with van der Waals surface area (Å²) in [7, 11) is 0. The van der Waals surface area contributed by atoms with Crippen LogP contribution in [-0.2, 0) is 0 Å². The van der Waals surface area contributed by atoms with Crippen LogP contribution >= 0.6 is 0 Å². The summed E-state index contributed by atoms with van der Waals surface area (Å²) in [6, 6.07) is 54.6. The van der Waals surface area contributed by atoms with Crippen molar-refractivity contribution in [1.82, 2.24) is 24.3 Å². The van der Waals surface area contributed by atoms with Crippen LogP contribution in [0.2, 0.25) is 0 Å². The van der Waals surface area contributed by atoms with E-state index in [1.54, 1.807) is 0 Å². The molecule has 6 aromatic carbocycles. The molecular weight excluding hydrogens is 562 g/mol. The molecule has 0 N–H and O–H groups in total. The number of aromatic nitrogens is 5. The van der Waals surface area contributed by atoms with Crippen LogP contribution in [-0.4, -0.2) is 24.3 Å². The third kappa shape index (κ3) is 4.29. The van der Waals surface area contributed by atoms with Gasteiger partial charge in [-0.3, -0.25) is 0 Å². The second-order valence-corrected chi connectivity index (χ2v) is 11.4. The predicted molar refractivity (Wildman–Crippen MR) is 187 cm³/mol. The second-order valence-electron chi connectivity index (χ2n) is 11.4. The van der Waals surface area contributed by atoms with E-state index in [1.165, 1.54) is 10.8 Å². The molecule has 0 amide bonds. The maximum atomic E-state index is 5.10. The lowest BCUT2D eigenvalue weighted by Crippen LogP contribution is -1.98. The van der Waals surface area contributed by atoms with Gasteiger partial charge in [0.1, 0.15) is 0 Å². The summed E-state index contributed by atoms with van der Waals surface area (Å²) in [4.78, 5) is 10.1. The Morgan fingerprint density at radius 3 is 1.83 bits per heavy atom. The van der Waals surface area contributed by atoms with Gasteiger partial charge in [-0.25, -0.2) is 14.6 Å². The molecule has 0 unspecified atom stereocenters. The number of benzene rings is 6. The Hall–Kier alpha value is -6.33. The molecule has 3 heterocycles. The highest BCUT2D eigenvalue weighted by molar-refractivity contribution is 6.18. The molecular formula is C41H27N5. The van der Waals surface area contributed by atoms with Gasteiger partial charge in [0, 0.05) is 38.5 Å². The van der Waals surface area contributed by atoms with E-state index in [1.807, 2.05) is 65.5 Å². The Balaban J connectivity index is 1.27. The SMILES string of the molecule is c1ccc(-c2cc(-c3cccc(-n4c5ccccc5c5ccc6c(cnn6-c6ccccc6)c54)c3)nc(-c3ccccc3)n2)cc1. The van der Waals surface area contributed by atoms with E-state index in [4.69, 9.17) is 15.1 Å². The van der Waals surface area contributed by atoms with Crippen LogP contribution in [0.3, 0.4) is 0 Å². The highest BCUT2D eigenvalue weighted by Gasteiger charge is 2.18. The minimum absolute atomic E-state index is 0.703. The zero-order chi connectivity index (χ0) is 30.5. The Morgan fingerprint density at radius 1 is 0.413 bits per heavy atom. The van der Waals surface area contributed by atoms with Crippen molar-refractivity contribution in [2.24, 2.45) is 0 Å². The van der Waals surface area contributed by atoms with E-state index in [2.05, 4.69) is 108 Å². The highest BCUT2D eigenvalue weighted by atomic mass is 15.3. The van der Waals surface area contributed by atoms with Crippen LogP contribution in [0.4, 0.5) is 0 Å². The molecule has 0 aliphatic rings. The highest BCUT2D eigenvalue weighted by Crippen LogP contribution is 2.38. The van der Waals surface area contributed by atoms with Crippen molar-refractivity contribution in [1.29, 1.82) is 0 Å². The number of fused-ring (bicyclic) bond motifs is 5. The molecule has 0 aliphatic carbocycles. The van der Waals surface area contributed by atoms with Gasteiger partial charge in [-0.05, 0) is 48.5 Å². The van der Waals surface area contributed by atoms with Crippen LogP contribution in [0.15, 0.2) is 164 Å². The van der Waals surface area contributed by atoms with Gasteiger partial charge in [0.25, 0.3) is 0 Å². The zero-order valence-electron chi connectivity index (χ0n) is 24.8. The molecule has 0 spiro atoms. The first-order valence-electron chi connectivity index (χ1n) is 15.4. The number of para-hydroxylation sites is 2. The number of nitrogens with zero attached hydrogens (tertiary/aromatic N) is 5. The molecule has 9 aromatic rings. The Kier molecular flexibility index (Phi) is 6.06. The van der Waals surface area contributed by atoms with Gasteiger partial charge in [0.15, 0.2) is 5.82 Å². The summed E-state index contributed by atoms with van der Waals surface area (Å²) in [6.07, 6.45) is 1.99. The molecule has 0 fully saturated rings. The van der Waals surface area contributed by atoms with Crippen molar-refractivity contribution in [3.63, 3.8) is 0 Å². The molecule has 216 valence electrons. The monoisotopic (exact) mass is 589 g/mol. The maximum Gasteiger partial charge on any atom is 0.160 e. The lowest BCUT2D eigenvalue weighted by Gasteiger charge is -2.12. The van der Waals surface area contributed by atoms with Gasteiger partial charge in [-0.1, -0.05) is 109 Å². The van der Waals surface area contributed by atoms with Gasteiger partial charge in [-0.2, -0.15) is 5.10 Å². The Morgan fingerprint density at radius 2 is 1.04 bits per heavy atom. The lowest BCUT2D eigenvalue weighted by atomic mass is 10.1. The maximum absolute atomic E-state index is 5.10. The lowest BCUT2D eigenvalue weighted by molar-refractivity contribution is 0.911. The van der Waals surface area contributed by atoms with Crippen molar-refractivity contribution in [2.75, 3.05) is 0 Å². The van der Waals surface area contributed by atoms with E-state index in [0.717, 1.165) is 61.4 Å². The molecule has 0 radical (unpaired) electrons. The van der Waals surface area contributed by atoms with Crippen molar-refractivity contribution >= 4 is 32.7 Å². The normalized spacial score (nSPS) is 11.5.